The largest absolute Gasteiger partial charge is 0.481 e. The molecule has 1 aliphatic heterocycles. The molecule has 0 saturated carbocycles. The lowest BCUT2D eigenvalue weighted by atomic mass is 10.1. The van der Waals surface area contributed by atoms with Gasteiger partial charge in [0.1, 0.15) is 5.82 Å². The molecule has 1 N–H and O–H groups in total. The van der Waals surface area contributed by atoms with E-state index >= 15 is 0 Å². The zero-order valence-electron chi connectivity index (χ0n) is 11.9. The maximum absolute atomic E-state index is 13.9. The Kier molecular flexibility index (Phi) is 5.90. The summed E-state index contributed by atoms with van der Waals surface area (Å²) in [5, 5.41) is 8.82. The number of carboxylic acid groups (broad SMARTS) is 1. The van der Waals surface area contributed by atoms with Gasteiger partial charge in [-0.25, -0.2) is 4.39 Å². The first-order chi connectivity index (χ1) is 10.5. The van der Waals surface area contributed by atoms with E-state index in [1.54, 1.807) is 0 Å². The molecule has 1 aliphatic rings. The number of carbonyl (C=O) groups is 2. The second-order valence-corrected chi connectivity index (χ2v) is 6.07. The highest BCUT2D eigenvalue weighted by Gasteiger charge is 2.25. The molecule has 0 aliphatic carbocycles. The van der Waals surface area contributed by atoms with Gasteiger partial charge in [0.2, 0.25) is 0 Å². The third-order valence-electron chi connectivity index (χ3n) is 3.49. The fraction of sp³-hybridized carbons (Fsp3) is 0.467. The molecule has 0 radical (unpaired) electrons. The Morgan fingerprint density at radius 1 is 1.45 bits per heavy atom. The summed E-state index contributed by atoms with van der Waals surface area (Å²) in [5.41, 5.74) is -0.0715. The van der Waals surface area contributed by atoms with E-state index in [0.29, 0.717) is 11.1 Å². The second kappa shape index (κ2) is 7.69. The summed E-state index contributed by atoms with van der Waals surface area (Å²) in [6, 6.07) is 4.12. The summed E-state index contributed by atoms with van der Waals surface area (Å²) in [7, 11) is 0. The van der Waals surface area contributed by atoms with Crippen LogP contribution >= 0.6 is 15.9 Å². The van der Waals surface area contributed by atoms with Crippen LogP contribution in [0.1, 0.15) is 29.6 Å². The number of aliphatic carboxylic acids is 1. The van der Waals surface area contributed by atoms with Gasteiger partial charge in [-0.2, -0.15) is 0 Å². The average Bonchev–Trinajstić information content (AvgIpc) is 2.98. The van der Waals surface area contributed by atoms with Crippen LogP contribution < -0.4 is 0 Å². The van der Waals surface area contributed by atoms with Crippen molar-refractivity contribution in [3.05, 3.63) is 34.1 Å². The first kappa shape index (κ1) is 16.9. The van der Waals surface area contributed by atoms with Crippen molar-refractivity contribution in [1.82, 2.24) is 4.90 Å². The predicted octanol–water partition coefficient (Wildman–Crippen LogP) is 2.68. The van der Waals surface area contributed by atoms with Crippen LogP contribution in [-0.2, 0) is 9.53 Å². The van der Waals surface area contributed by atoms with E-state index in [0.717, 1.165) is 12.8 Å². The molecular formula is C15H17BrFNO4. The van der Waals surface area contributed by atoms with Crippen LogP contribution in [-0.4, -0.2) is 47.7 Å². The number of carboxylic acids is 1. The fourth-order valence-corrected chi connectivity index (χ4v) is 2.73. The molecule has 1 unspecified atom stereocenters. The van der Waals surface area contributed by atoms with Crippen molar-refractivity contribution in [3.8, 4) is 0 Å². The van der Waals surface area contributed by atoms with E-state index in [4.69, 9.17) is 9.84 Å². The van der Waals surface area contributed by atoms with Gasteiger partial charge in [-0.05, 0) is 31.0 Å². The zero-order valence-corrected chi connectivity index (χ0v) is 13.5. The van der Waals surface area contributed by atoms with Gasteiger partial charge in [0.05, 0.1) is 18.1 Å². The molecule has 1 atom stereocenters. The highest BCUT2D eigenvalue weighted by Crippen LogP contribution is 2.19. The molecule has 0 bridgehead atoms. The summed E-state index contributed by atoms with van der Waals surface area (Å²) in [4.78, 5) is 24.7. The number of carbonyl (C=O) groups excluding carboxylic acids is 1. The Labute approximate surface area is 136 Å². The van der Waals surface area contributed by atoms with Gasteiger partial charge in [0.25, 0.3) is 5.91 Å². The lowest BCUT2D eigenvalue weighted by Gasteiger charge is -2.25. The van der Waals surface area contributed by atoms with E-state index in [-0.39, 0.29) is 31.2 Å². The van der Waals surface area contributed by atoms with Gasteiger partial charge in [0.15, 0.2) is 0 Å². The van der Waals surface area contributed by atoms with Crippen molar-refractivity contribution in [2.45, 2.75) is 25.4 Å². The predicted molar refractivity (Wildman–Crippen MR) is 81.2 cm³/mol. The third-order valence-corrected chi connectivity index (χ3v) is 3.98. The van der Waals surface area contributed by atoms with Crippen molar-refractivity contribution < 1.29 is 23.8 Å². The molecule has 1 saturated heterocycles. The molecule has 22 heavy (non-hydrogen) atoms. The van der Waals surface area contributed by atoms with E-state index in [2.05, 4.69) is 15.9 Å². The first-order valence-electron chi connectivity index (χ1n) is 7.05. The van der Waals surface area contributed by atoms with Crippen LogP contribution in [0.2, 0.25) is 0 Å². The Hall–Kier alpha value is -1.47. The molecule has 2 rings (SSSR count). The molecule has 1 heterocycles. The smallest absolute Gasteiger partial charge is 0.305 e. The molecule has 1 fully saturated rings. The molecule has 120 valence electrons. The van der Waals surface area contributed by atoms with Crippen molar-refractivity contribution in [1.29, 1.82) is 0 Å². The van der Waals surface area contributed by atoms with Gasteiger partial charge >= 0.3 is 5.97 Å². The topological polar surface area (TPSA) is 66.8 Å². The average molecular weight is 374 g/mol. The number of benzene rings is 1. The van der Waals surface area contributed by atoms with Crippen LogP contribution in [0.4, 0.5) is 4.39 Å². The Balaban J connectivity index is 2.16. The highest BCUT2D eigenvalue weighted by molar-refractivity contribution is 9.10. The summed E-state index contributed by atoms with van der Waals surface area (Å²) >= 11 is 3.21. The maximum Gasteiger partial charge on any atom is 0.305 e. The number of ether oxygens (including phenoxy) is 1. The van der Waals surface area contributed by atoms with Gasteiger partial charge in [-0.15, -0.1) is 0 Å². The van der Waals surface area contributed by atoms with Crippen molar-refractivity contribution in [3.63, 3.8) is 0 Å². The lowest BCUT2D eigenvalue weighted by molar-refractivity contribution is -0.137. The summed E-state index contributed by atoms with van der Waals surface area (Å²) in [6.07, 6.45) is 1.43. The first-order valence-corrected chi connectivity index (χ1v) is 7.84. The van der Waals surface area contributed by atoms with Crippen molar-refractivity contribution in [2.24, 2.45) is 0 Å². The molecule has 1 amide bonds. The number of halogens is 2. The maximum atomic E-state index is 13.9. The van der Waals surface area contributed by atoms with Gasteiger partial charge in [0, 0.05) is 24.2 Å². The number of nitrogens with zero attached hydrogens (tertiary/aromatic N) is 1. The Bertz CT molecular complexity index is 560. The monoisotopic (exact) mass is 373 g/mol. The summed E-state index contributed by atoms with van der Waals surface area (Å²) < 4.78 is 20.0. The van der Waals surface area contributed by atoms with Crippen molar-refractivity contribution >= 4 is 27.8 Å². The number of hydrogen-bond acceptors (Lipinski definition) is 3. The summed E-state index contributed by atoms with van der Waals surface area (Å²) in [5.74, 6) is -2.14. The molecule has 1 aromatic rings. The van der Waals surface area contributed by atoms with Crippen LogP contribution in [0, 0.1) is 5.82 Å². The minimum atomic E-state index is -1.00. The molecule has 1 aromatic carbocycles. The van der Waals surface area contributed by atoms with E-state index in [9.17, 15) is 14.0 Å². The number of amides is 1. The molecule has 5 nitrogen and oxygen atoms in total. The summed E-state index contributed by atoms with van der Waals surface area (Å²) in [6.45, 7) is 0.939. The molecule has 0 aromatic heterocycles. The Morgan fingerprint density at radius 3 is 2.86 bits per heavy atom. The molecule has 7 heteroatoms. The van der Waals surface area contributed by atoms with Crippen molar-refractivity contribution in [2.75, 3.05) is 19.7 Å². The minimum absolute atomic E-state index is 0.0278. The van der Waals surface area contributed by atoms with Crippen LogP contribution in [0.3, 0.4) is 0 Å². The van der Waals surface area contributed by atoms with E-state index in [1.807, 2.05) is 0 Å². The zero-order chi connectivity index (χ0) is 16.1. The lowest BCUT2D eigenvalue weighted by Crippen LogP contribution is -2.39. The quantitative estimate of drug-likeness (QED) is 0.832. The van der Waals surface area contributed by atoms with E-state index < -0.39 is 17.7 Å². The van der Waals surface area contributed by atoms with Crippen LogP contribution in [0.5, 0.6) is 0 Å². The third kappa shape index (κ3) is 4.51. The minimum Gasteiger partial charge on any atom is -0.481 e. The second-order valence-electron chi connectivity index (χ2n) is 5.15. The molecule has 0 spiro atoms. The van der Waals surface area contributed by atoms with Gasteiger partial charge < -0.3 is 14.7 Å². The van der Waals surface area contributed by atoms with Gasteiger partial charge in [-0.1, -0.05) is 15.9 Å². The number of rotatable bonds is 6. The van der Waals surface area contributed by atoms with Crippen LogP contribution in [0.25, 0.3) is 0 Å². The Morgan fingerprint density at radius 2 is 2.23 bits per heavy atom. The SMILES string of the molecule is O=C(O)CCN(CC1CCCO1)C(=O)c1cc(Br)ccc1F. The standard InChI is InChI=1S/C15H17BrFNO4/c16-10-3-4-13(17)12(8-10)15(21)18(6-5-14(19)20)9-11-2-1-7-22-11/h3-4,8,11H,1-2,5-7,9H2,(H,19,20). The van der Waals surface area contributed by atoms with Gasteiger partial charge in [-0.3, -0.25) is 9.59 Å². The van der Waals surface area contributed by atoms with E-state index in [1.165, 1.54) is 23.1 Å². The molecular weight excluding hydrogens is 357 g/mol. The fourth-order valence-electron chi connectivity index (χ4n) is 2.37. The normalized spacial score (nSPS) is 17.5. The highest BCUT2D eigenvalue weighted by atomic mass is 79.9. The number of hydrogen-bond donors (Lipinski definition) is 1. The van der Waals surface area contributed by atoms with Crippen LogP contribution in [0.15, 0.2) is 22.7 Å².